The van der Waals surface area contributed by atoms with E-state index >= 15 is 0 Å². The first-order valence-corrected chi connectivity index (χ1v) is 6.46. The molecule has 19 heavy (non-hydrogen) atoms. The molecule has 1 heterocycles. The van der Waals surface area contributed by atoms with Crippen LogP contribution in [0.2, 0.25) is 0 Å². The highest BCUT2D eigenvalue weighted by Crippen LogP contribution is 2.26. The minimum atomic E-state index is 0.0840. The molecule has 0 spiro atoms. The zero-order chi connectivity index (χ0) is 13.8. The van der Waals surface area contributed by atoms with Gasteiger partial charge >= 0.3 is 0 Å². The Hall–Kier alpha value is -2.03. The number of unbranched alkanes of at least 4 members (excludes halogenated alkanes) is 1. The Balaban J connectivity index is 2.47. The number of benzene rings is 1. The maximum Gasteiger partial charge on any atom is 0.161 e. The van der Waals surface area contributed by atoms with E-state index in [4.69, 9.17) is 4.74 Å². The van der Waals surface area contributed by atoms with Crippen LogP contribution >= 0.6 is 0 Å². The van der Waals surface area contributed by atoms with E-state index in [9.17, 15) is 4.79 Å². The molecule has 0 atom stereocenters. The number of hydrogen-bond acceptors (Lipinski definition) is 2. The molecule has 0 aliphatic heterocycles. The molecule has 100 valence electrons. The molecule has 0 unspecified atom stereocenters. The number of allylic oxidation sites excluding steroid dienone is 1. The van der Waals surface area contributed by atoms with Crippen LogP contribution < -0.4 is 4.74 Å². The Kier molecular flexibility index (Phi) is 4.05. The monoisotopic (exact) mass is 257 g/mol. The van der Waals surface area contributed by atoms with Crippen LogP contribution in [-0.4, -0.2) is 17.5 Å². The molecule has 0 aliphatic rings. The molecule has 1 aromatic carbocycles. The highest BCUT2D eigenvalue weighted by atomic mass is 16.5. The van der Waals surface area contributed by atoms with Gasteiger partial charge in [-0.3, -0.25) is 4.79 Å². The van der Waals surface area contributed by atoms with Crippen LogP contribution in [-0.2, 0) is 6.54 Å². The molecule has 3 nitrogen and oxygen atoms in total. The Morgan fingerprint density at radius 1 is 1.47 bits per heavy atom. The number of rotatable bonds is 6. The molecule has 3 heteroatoms. The molecule has 0 bridgehead atoms. The highest BCUT2D eigenvalue weighted by Gasteiger charge is 2.12. The summed E-state index contributed by atoms with van der Waals surface area (Å²) in [5, 5.41) is 0.963. The van der Waals surface area contributed by atoms with Gasteiger partial charge in [0.2, 0.25) is 0 Å². The second-order valence-corrected chi connectivity index (χ2v) is 4.61. The lowest BCUT2D eigenvalue weighted by atomic mass is 10.1. The molecule has 1 aromatic heterocycles. The molecule has 0 saturated carbocycles. The highest BCUT2D eigenvalue weighted by molar-refractivity contribution is 6.07. The second kappa shape index (κ2) is 5.74. The Bertz CT molecular complexity index is 610. The summed E-state index contributed by atoms with van der Waals surface area (Å²) in [6.45, 7) is 6.22. The third-order valence-corrected chi connectivity index (χ3v) is 3.27. The van der Waals surface area contributed by atoms with Crippen LogP contribution in [0.15, 0.2) is 37.1 Å². The Morgan fingerprint density at radius 2 is 2.26 bits per heavy atom. The molecular formula is C16H19NO2. The van der Waals surface area contributed by atoms with Crippen molar-refractivity contribution in [2.24, 2.45) is 0 Å². The van der Waals surface area contributed by atoms with E-state index < -0.39 is 0 Å². The van der Waals surface area contributed by atoms with Crippen molar-refractivity contribution in [2.45, 2.75) is 26.3 Å². The molecule has 0 N–H and O–H groups in total. The zero-order valence-electron chi connectivity index (χ0n) is 11.5. The molecule has 0 fully saturated rings. The third-order valence-electron chi connectivity index (χ3n) is 3.27. The van der Waals surface area contributed by atoms with Gasteiger partial charge in [-0.05, 0) is 38.0 Å². The predicted molar refractivity (Wildman–Crippen MR) is 77.9 cm³/mol. The summed E-state index contributed by atoms with van der Waals surface area (Å²) in [5.74, 6) is 0.861. The van der Waals surface area contributed by atoms with Crippen molar-refractivity contribution in [3.63, 3.8) is 0 Å². The molecule has 0 aliphatic carbocycles. The fraction of sp³-hybridized carbons (Fsp3) is 0.312. The summed E-state index contributed by atoms with van der Waals surface area (Å²) in [4.78, 5) is 11.7. The fourth-order valence-electron chi connectivity index (χ4n) is 2.27. The number of carbonyl (C=O) groups is 1. The van der Waals surface area contributed by atoms with Gasteiger partial charge in [0.25, 0.3) is 0 Å². The van der Waals surface area contributed by atoms with Crippen molar-refractivity contribution in [3.05, 3.63) is 42.6 Å². The summed E-state index contributed by atoms with van der Waals surface area (Å²) in [6.07, 6.45) is 5.86. The predicted octanol–water partition coefficient (Wildman–Crippen LogP) is 3.82. The summed E-state index contributed by atoms with van der Waals surface area (Å²) < 4.78 is 7.36. The summed E-state index contributed by atoms with van der Waals surface area (Å²) in [7, 11) is 1.63. The number of hydrogen-bond donors (Lipinski definition) is 0. The van der Waals surface area contributed by atoms with Crippen molar-refractivity contribution in [1.82, 2.24) is 4.57 Å². The van der Waals surface area contributed by atoms with E-state index in [0.29, 0.717) is 0 Å². The van der Waals surface area contributed by atoms with Gasteiger partial charge in [0, 0.05) is 29.2 Å². The Labute approximate surface area is 113 Å². The fourth-order valence-corrected chi connectivity index (χ4v) is 2.27. The van der Waals surface area contributed by atoms with Gasteiger partial charge in [-0.2, -0.15) is 0 Å². The number of carbonyl (C=O) groups excluding carboxylic acids is 1. The quantitative estimate of drug-likeness (QED) is 0.447. The number of ether oxygens (including phenoxy) is 1. The third kappa shape index (κ3) is 2.70. The number of aryl methyl sites for hydroxylation is 1. The van der Waals surface area contributed by atoms with Gasteiger partial charge in [-0.25, -0.2) is 0 Å². The molecule has 0 saturated heterocycles. The average molecular weight is 257 g/mol. The maximum absolute atomic E-state index is 11.7. The van der Waals surface area contributed by atoms with E-state index in [2.05, 4.69) is 11.1 Å². The Morgan fingerprint density at radius 3 is 2.89 bits per heavy atom. The van der Waals surface area contributed by atoms with Crippen molar-refractivity contribution >= 4 is 16.7 Å². The zero-order valence-corrected chi connectivity index (χ0v) is 11.5. The van der Waals surface area contributed by atoms with Crippen molar-refractivity contribution in [2.75, 3.05) is 7.11 Å². The molecule has 0 amide bonds. The topological polar surface area (TPSA) is 31.2 Å². The number of aromatic nitrogens is 1. The number of ketones is 1. The van der Waals surface area contributed by atoms with Gasteiger partial charge in [0.15, 0.2) is 5.78 Å². The first kappa shape index (κ1) is 13.4. The maximum atomic E-state index is 11.7. The number of fused-ring (bicyclic) bond motifs is 1. The van der Waals surface area contributed by atoms with E-state index in [1.807, 2.05) is 30.5 Å². The van der Waals surface area contributed by atoms with Crippen LogP contribution in [0.4, 0.5) is 0 Å². The minimum absolute atomic E-state index is 0.0840. The van der Waals surface area contributed by atoms with Gasteiger partial charge < -0.3 is 9.30 Å². The molecular weight excluding hydrogens is 238 g/mol. The van der Waals surface area contributed by atoms with Crippen molar-refractivity contribution < 1.29 is 9.53 Å². The number of methoxy groups -OCH3 is 1. The van der Waals surface area contributed by atoms with Crippen molar-refractivity contribution in [1.29, 1.82) is 0 Å². The lowest BCUT2D eigenvalue weighted by Crippen LogP contribution is -1.95. The van der Waals surface area contributed by atoms with Crippen molar-refractivity contribution in [3.8, 4) is 5.75 Å². The first-order chi connectivity index (χ1) is 9.17. The van der Waals surface area contributed by atoms with E-state index in [-0.39, 0.29) is 5.78 Å². The second-order valence-electron chi connectivity index (χ2n) is 4.61. The van der Waals surface area contributed by atoms with Crippen LogP contribution in [0.1, 0.15) is 30.1 Å². The van der Waals surface area contributed by atoms with E-state index in [1.165, 1.54) is 0 Å². The SMILES string of the molecule is C=CCCCn1cc(C(C)=O)c2cc(OC)ccc21. The van der Waals surface area contributed by atoms with Gasteiger partial charge in [-0.1, -0.05) is 6.08 Å². The van der Waals surface area contributed by atoms with E-state index in [0.717, 1.165) is 41.6 Å². The van der Waals surface area contributed by atoms with Crippen LogP contribution in [0.25, 0.3) is 10.9 Å². The van der Waals surface area contributed by atoms with Crippen LogP contribution in [0.3, 0.4) is 0 Å². The van der Waals surface area contributed by atoms with Gasteiger partial charge in [0.1, 0.15) is 5.75 Å². The lowest BCUT2D eigenvalue weighted by molar-refractivity contribution is 0.101. The minimum Gasteiger partial charge on any atom is -0.497 e. The first-order valence-electron chi connectivity index (χ1n) is 6.46. The van der Waals surface area contributed by atoms with Gasteiger partial charge in [-0.15, -0.1) is 6.58 Å². The summed E-state index contributed by atoms with van der Waals surface area (Å²) in [6, 6.07) is 5.86. The van der Waals surface area contributed by atoms with Gasteiger partial charge in [0.05, 0.1) is 7.11 Å². The lowest BCUT2D eigenvalue weighted by Gasteiger charge is -2.04. The summed E-state index contributed by atoms with van der Waals surface area (Å²) >= 11 is 0. The largest absolute Gasteiger partial charge is 0.497 e. The normalized spacial score (nSPS) is 10.6. The smallest absolute Gasteiger partial charge is 0.161 e. The standard InChI is InChI=1S/C16H19NO2/c1-4-5-6-9-17-11-15(12(2)18)14-10-13(19-3)7-8-16(14)17/h4,7-8,10-11H,1,5-6,9H2,2-3H3. The molecule has 0 radical (unpaired) electrons. The van der Waals surface area contributed by atoms with E-state index in [1.54, 1.807) is 14.0 Å². The molecule has 2 aromatic rings. The molecule has 2 rings (SSSR count). The summed E-state index contributed by atoms with van der Waals surface area (Å²) in [5.41, 5.74) is 1.84. The van der Waals surface area contributed by atoms with Crippen LogP contribution in [0.5, 0.6) is 5.75 Å². The van der Waals surface area contributed by atoms with Crippen LogP contribution in [0, 0.1) is 0 Å². The number of nitrogens with zero attached hydrogens (tertiary/aromatic N) is 1. The number of Topliss-reactive ketones (excluding diaryl/α,β-unsaturated/α-hetero) is 1. The average Bonchev–Trinajstić information content (AvgIpc) is 2.77.